The molecule has 1 N–H and O–H groups in total. The molecule has 0 radical (unpaired) electrons. The summed E-state index contributed by atoms with van der Waals surface area (Å²) < 4.78 is 11.5. The number of nitrogens with zero attached hydrogens (tertiary/aromatic N) is 1. The first-order valence-electron chi connectivity index (χ1n) is 6.43. The Kier molecular flexibility index (Phi) is 4.58. The molecule has 3 unspecified atom stereocenters. The van der Waals surface area contributed by atoms with Crippen molar-refractivity contribution in [3.05, 3.63) is 0 Å². The minimum absolute atomic E-state index is 0.0362. The van der Waals surface area contributed by atoms with Crippen LogP contribution in [0.3, 0.4) is 0 Å². The third kappa shape index (κ3) is 2.94. The Hall–Kier alpha value is -0.160. The summed E-state index contributed by atoms with van der Waals surface area (Å²) in [6.07, 6.45) is 3.21. The highest BCUT2D eigenvalue weighted by Crippen LogP contribution is 2.27. The van der Waals surface area contributed by atoms with Crippen molar-refractivity contribution >= 4 is 0 Å². The van der Waals surface area contributed by atoms with Crippen LogP contribution in [-0.4, -0.2) is 55.2 Å². The maximum Gasteiger partial charge on any atom is 0.162 e. The van der Waals surface area contributed by atoms with Gasteiger partial charge in [0.15, 0.2) is 6.29 Å². The SMILES string of the molecule is CCN1CCCC(C2OCC(CCO)O2)C1. The number of rotatable bonds is 4. The molecule has 94 valence electrons. The van der Waals surface area contributed by atoms with E-state index in [0.29, 0.717) is 18.9 Å². The minimum atomic E-state index is -0.0362. The Morgan fingerprint density at radius 2 is 2.31 bits per heavy atom. The maximum atomic E-state index is 8.86. The Bertz CT molecular complexity index is 212. The van der Waals surface area contributed by atoms with Gasteiger partial charge >= 0.3 is 0 Å². The van der Waals surface area contributed by atoms with Gasteiger partial charge in [-0.15, -0.1) is 0 Å². The van der Waals surface area contributed by atoms with Gasteiger partial charge in [-0.2, -0.15) is 0 Å². The predicted octanol–water partition coefficient (Wildman–Crippen LogP) is 0.842. The van der Waals surface area contributed by atoms with Crippen LogP contribution < -0.4 is 0 Å². The summed E-state index contributed by atoms with van der Waals surface area (Å²) in [7, 11) is 0. The Morgan fingerprint density at radius 1 is 1.44 bits per heavy atom. The second-order valence-electron chi connectivity index (χ2n) is 4.77. The second-order valence-corrected chi connectivity index (χ2v) is 4.77. The van der Waals surface area contributed by atoms with E-state index in [2.05, 4.69) is 11.8 Å². The zero-order valence-corrected chi connectivity index (χ0v) is 10.1. The average Bonchev–Trinajstić information content (AvgIpc) is 2.78. The van der Waals surface area contributed by atoms with E-state index in [1.807, 2.05) is 0 Å². The summed E-state index contributed by atoms with van der Waals surface area (Å²) in [5.74, 6) is 0.511. The maximum absolute atomic E-state index is 8.86. The number of ether oxygens (including phenoxy) is 2. The largest absolute Gasteiger partial charge is 0.396 e. The summed E-state index contributed by atoms with van der Waals surface area (Å²) in [6.45, 7) is 6.45. The van der Waals surface area contributed by atoms with Crippen molar-refractivity contribution in [3.8, 4) is 0 Å². The van der Waals surface area contributed by atoms with Crippen LogP contribution in [0.25, 0.3) is 0 Å². The average molecular weight is 229 g/mol. The second kappa shape index (κ2) is 5.96. The van der Waals surface area contributed by atoms with E-state index in [-0.39, 0.29) is 19.0 Å². The van der Waals surface area contributed by atoms with Crippen LogP contribution in [-0.2, 0) is 9.47 Å². The highest BCUT2D eigenvalue weighted by atomic mass is 16.7. The molecule has 2 fully saturated rings. The first-order chi connectivity index (χ1) is 7.83. The van der Waals surface area contributed by atoms with Gasteiger partial charge in [-0.1, -0.05) is 6.92 Å². The van der Waals surface area contributed by atoms with Gasteiger partial charge in [0.05, 0.1) is 12.7 Å². The molecular weight excluding hydrogens is 206 g/mol. The summed E-state index contributed by atoms with van der Waals surface area (Å²) in [5, 5.41) is 8.86. The van der Waals surface area contributed by atoms with E-state index in [4.69, 9.17) is 14.6 Å². The topological polar surface area (TPSA) is 41.9 Å². The first-order valence-corrected chi connectivity index (χ1v) is 6.43. The fourth-order valence-electron chi connectivity index (χ4n) is 2.61. The molecule has 0 spiro atoms. The predicted molar refractivity (Wildman–Crippen MR) is 61.2 cm³/mol. The molecule has 0 aromatic heterocycles. The molecule has 2 aliphatic rings. The van der Waals surface area contributed by atoms with Gasteiger partial charge in [0, 0.05) is 19.1 Å². The standard InChI is InChI=1S/C12H23NO3/c1-2-13-6-3-4-10(8-13)12-15-9-11(16-12)5-7-14/h10-12,14H,2-9H2,1H3. The first kappa shape index (κ1) is 12.3. The number of aliphatic hydroxyl groups is 1. The molecular formula is C12H23NO3. The van der Waals surface area contributed by atoms with Crippen molar-refractivity contribution in [2.75, 3.05) is 32.8 Å². The van der Waals surface area contributed by atoms with Crippen LogP contribution in [0.15, 0.2) is 0 Å². The lowest BCUT2D eigenvalue weighted by Crippen LogP contribution is -2.40. The zero-order valence-electron chi connectivity index (χ0n) is 10.1. The molecule has 16 heavy (non-hydrogen) atoms. The fraction of sp³-hybridized carbons (Fsp3) is 1.00. The lowest BCUT2D eigenvalue weighted by molar-refractivity contribution is -0.113. The molecule has 0 amide bonds. The van der Waals surface area contributed by atoms with E-state index in [9.17, 15) is 0 Å². The van der Waals surface area contributed by atoms with Gasteiger partial charge in [-0.3, -0.25) is 0 Å². The van der Waals surface area contributed by atoms with E-state index in [0.717, 1.165) is 13.1 Å². The van der Waals surface area contributed by atoms with Crippen LogP contribution in [0, 0.1) is 5.92 Å². The lowest BCUT2D eigenvalue weighted by atomic mass is 9.97. The van der Waals surface area contributed by atoms with E-state index < -0.39 is 0 Å². The molecule has 0 saturated carbocycles. The molecule has 0 aliphatic carbocycles. The fourth-order valence-corrected chi connectivity index (χ4v) is 2.61. The van der Waals surface area contributed by atoms with Crippen molar-refractivity contribution < 1.29 is 14.6 Å². The quantitative estimate of drug-likeness (QED) is 0.776. The molecule has 2 saturated heterocycles. The number of aliphatic hydroxyl groups excluding tert-OH is 1. The van der Waals surface area contributed by atoms with E-state index in [1.165, 1.54) is 19.4 Å². The van der Waals surface area contributed by atoms with Crippen molar-refractivity contribution in [3.63, 3.8) is 0 Å². The number of hydrogen-bond acceptors (Lipinski definition) is 4. The summed E-state index contributed by atoms with van der Waals surface area (Å²) >= 11 is 0. The highest BCUT2D eigenvalue weighted by molar-refractivity contribution is 4.78. The normalized spacial score (nSPS) is 36.8. The number of hydrogen-bond donors (Lipinski definition) is 1. The molecule has 0 bridgehead atoms. The van der Waals surface area contributed by atoms with Crippen molar-refractivity contribution in [1.82, 2.24) is 4.90 Å². The van der Waals surface area contributed by atoms with Crippen LogP contribution in [0.4, 0.5) is 0 Å². The number of likely N-dealkylation sites (tertiary alicyclic amines) is 1. The van der Waals surface area contributed by atoms with Crippen LogP contribution in [0.1, 0.15) is 26.2 Å². The van der Waals surface area contributed by atoms with E-state index in [1.54, 1.807) is 0 Å². The van der Waals surface area contributed by atoms with Crippen LogP contribution in [0.5, 0.6) is 0 Å². The zero-order chi connectivity index (χ0) is 11.4. The lowest BCUT2D eigenvalue weighted by Gasteiger charge is -2.34. The summed E-state index contributed by atoms with van der Waals surface area (Å²) in [5.41, 5.74) is 0. The minimum Gasteiger partial charge on any atom is -0.396 e. The molecule has 0 aromatic rings. The van der Waals surface area contributed by atoms with Crippen LogP contribution >= 0.6 is 0 Å². The van der Waals surface area contributed by atoms with Crippen molar-refractivity contribution in [1.29, 1.82) is 0 Å². The smallest absolute Gasteiger partial charge is 0.162 e. The Morgan fingerprint density at radius 3 is 3.06 bits per heavy atom. The monoisotopic (exact) mass is 229 g/mol. The number of piperidine rings is 1. The molecule has 2 rings (SSSR count). The van der Waals surface area contributed by atoms with Crippen molar-refractivity contribution in [2.24, 2.45) is 5.92 Å². The van der Waals surface area contributed by atoms with Crippen LogP contribution in [0.2, 0.25) is 0 Å². The third-order valence-electron chi connectivity index (χ3n) is 3.60. The Balaban J connectivity index is 1.79. The van der Waals surface area contributed by atoms with Gasteiger partial charge in [0.25, 0.3) is 0 Å². The third-order valence-corrected chi connectivity index (χ3v) is 3.60. The summed E-state index contributed by atoms with van der Waals surface area (Å²) in [4.78, 5) is 2.46. The van der Waals surface area contributed by atoms with Gasteiger partial charge in [-0.25, -0.2) is 0 Å². The molecule has 3 atom stereocenters. The Labute approximate surface area is 97.5 Å². The summed E-state index contributed by atoms with van der Waals surface area (Å²) in [6, 6.07) is 0. The van der Waals surface area contributed by atoms with Gasteiger partial charge in [-0.05, 0) is 32.4 Å². The van der Waals surface area contributed by atoms with Gasteiger partial charge in [0.2, 0.25) is 0 Å². The highest BCUT2D eigenvalue weighted by Gasteiger charge is 2.34. The van der Waals surface area contributed by atoms with Gasteiger partial charge < -0.3 is 19.5 Å². The molecule has 2 aliphatic heterocycles. The molecule has 2 heterocycles. The molecule has 0 aromatic carbocycles. The molecule has 4 nitrogen and oxygen atoms in total. The van der Waals surface area contributed by atoms with Gasteiger partial charge in [0.1, 0.15) is 0 Å². The van der Waals surface area contributed by atoms with Crippen molar-refractivity contribution in [2.45, 2.75) is 38.6 Å². The van der Waals surface area contributed by atoms with E-state index >= 15 is 0 Å². The molecule has 4 heteroatoms.